The number of benzene rings is 2. The molecule has 5 nitrogen and oxygen atoms in total. The van der Waals surface area contributed by atoms with Crippen LogP contribution in [0.2, 0.25) is 5.02 Å². The molecule has 0 bridgehead atoms. The van der Waals surface area contributed by atoms with Crippen molar-refractivity contribution in [3.63, 3.8) is 0 Å². The monoisotopic (exact) mass is 410 g/mol. The molecule has 144 valence electrons. The van der Waals surface area contributed by atoms with Crippen molar-refractivity contribution < 1.29 is 17.6 Å². The summed E-state index contributed by atoms with van der Waals surface area (Å²) in [6.07, 6.45) is 1.97. The largest absolute Gasteiger partial charge is 0.355 e. The van der Waals surface area contributed by atoms with Gasteiger partial charge < -0.3 is 5.32 Å². The van der Waals surface area contributed by atoms with Crippen LogP contribution in [0.15, 0.2) is 53.4 Å². The highest BCUT2D eigenvalue weighted by atomic mass is 35.5. The average molecular weight is 411 g/mol. The number of halogens is 2. The topological polar surface area (TPSA) is 66.5 Å². The first-order valence-electron chi connectivity index (χ1n) is 8.67. The Balaban J connectivity index is 2.01. The van der Waals surface area contributed by atoms with Gasteiger partial charge in [-0.25, -0.2) is 12.8 Å². The van der Waals surface area contributed by atoms with Gasteiger partial charge in [0, 0.05) is 18.1 Å². The molecular weight excluding hydrogens is 391 g/mol. The molecule has 27 heavy (non-hydrogen) atoms. The minimum Gasteiger partial charge on any atom is -0.355 e. The summed E-state index contributed by atoms with van der Waals surface area (Å²) < 4.78 is 41.0. The zero-order valence-electron chi connectivity index (χ0n) is 14.6. The van der Waals surface area contributed by atoms with E-state index in [1.54, 1.807) is 0 Å². The summed E-state index contributed by atoms with van der Waals surface area (Å²) in [5.41, 5.74) is 0.603. The van der Waals surface area contributed by atoms with Crippen molar-refractivity contribution in [3.8, 4) is 0 Å². The minimum absolute atomic E-state index is 0.0245. The summed E-state index contributed by atoms with van der Waals surface area (Å²) in [5, 5.41) is 3.20. The Kier molecular flexibility index (Phi) is 6.14. The fourth-order valence-electron chi connectivity index (χ4n) is 3.07. The summed E-state index contributed by atoms with van der Waals surface area (Å²) >= 11 is 5.87. The maximum Gasteiger partial charge on any atom is 0.244 e. The highest BCUT2D eigenvalue weighted by Crippen LogP contribution is 2.26. The van der Waals surface area contributed by atoms with Gasteiger partial charge in [0.25, 0.3) is 0 Å². The van der Waals surface area contributed by atoms with Crippen LogP contribution < -0.4 is 5.32 Å². The number of carbonyl (C=O) groups is 1. The highest BCUT2D eigenvalue weighted by molar-refractivity contribution is 7.89. The molecule has 1 atom stereocenters. The molecule has 2 aromatic carbocycles. The maximum atomic E-state index is 13.3. The molecule has 1 amide bonds. The number of hydrogen-bond donors (Lipinski definition) is 1. The summed E-state index contributed by atoms with van der Waals surface area (Å²) in [4.78, 5) is 12.6. The molecule has 1 fully saturated rings. The second kappa shape index (κ2) is 8.37. The van der Waals surface area contributed by atoms with Crippen LogP contribution in [0.3, 0.4) is 0 Å². The van der Waals surface area contributed by atoms with Crippen LogP contribution >= 0.6 is 11.6 Å². The Labute approximate surface area is 163 Å². The normalized spacial score (nSPS) is 18.2. The van der Waals surface area contributed by atoms with Gasteiger partial charge in [-0.3, -0.25) is 4.79 Å². The van der Waals surface area contributed by atoms with Gasteiger partial charge in [-0.2, -0.15) is 4.31 Å². The van der Waals surface area contributed by atoms with Gasteiger partial charge in [0.1, 0.15) is 11.9 Å². The fraction of sp³-hybridized carbons (Fsp3) is 0.316. The molecule has 0 saturated carbocycles. The third-order valence-electron chi connectivity index (χ3n) is 4.53. The van der Waals surface area contributed by atoms with E-state index in [4.69, 9.17) is 11.6 Å². The second-order valence-electron chi connectivity index (χ2n) is 6.43. The fourth-order valence-corrected chi connectivity index (χ4v) is 4.80. The summed E-state index contributed by atoms with van der Waals surface area (Å²) in [5.74, 6) is -0.717. The molecular formula is C19H20ClFN2O3S. The summed E-state index contributed by atoms with van der Waals surface area (Å²) in [7, 11) is -3.95. The van der Waals surface area contributed by atoms with Crippen molar-refractivity contribution in [3.05, 3.63) is 64.9 Å². The standard InChI is InChI=1S/C19H20ClFN2O3S/c20-15-6-10-17(11-7-15)27(25,26)23(13-14-4-8-16(21)9-5-14)18-3-1-2-12-22-19(18)24/h4-11,18H,1-3,12-13H2,(H,22,24). The number of nitrogens with zero attached hydrogens (tertiary/aromatic N) is 1. The van der Waals surface area contributed by atoms with Gasteiger partial charge >= 0.3 is 0 Å². The lowest BCUT2D eigenvalue weighted by Crippen LogP contribution is -2.48. The molecule has 0 radical (unpaired) electrons. The predicted molar refractivity (Wildman–Crippen MR) is 101 cm³/mol. The van der Waals surface area contributed by atoms with Crippen LogP contribution in [0.1, 0.15) is 24.8 Å². The molecule has 0 spiro atoms. The van der Waals surface area contributed by atoms with Gasteiger partial charge in [-0.1, -0.05) is 23.7 Å². The number of nitrogens with one attached hydrogen (secondary N) is 1. The minimum atomic E-state index is -3.95. The third kappa shape index (κ3) is 4.66. The Bertz CT molecular complexity index is 902. The van der Waals surface area contributed by atoms with E-state index in [0.29, 0.717) is 23.6 Å². The van der Waals surface area contributed by atoms with Gasteiger partial charge in [-0.15, -0.1) is 0 Å². The lowest BCUT2D eigenvalue weighted by atomic mass is 10.1. The van der Waals surface area contributed by atoms with Crippen LogP contribution in [-0.2, 0) is 21.4 Å². The van der Waals surface area contributed by atoms with E-state index in [1.807, 2.05) is 0 Å². The first-order valence-corrected chi connectivity index (χ1v) is 10.5. The van der Waals surface area contributed by atoms with Crippen LogP contribution in [0.5, 0.6) is 0 Å². The number of hydrogen-bond acceptors (Lipinski definition) is 3. The molecule has 8 heteroatoms. The molecule has 1 saturated heterocycles. The lowest BCUT2D eigenvalue weighted by Gasteiger charge is -2.29. The van der Waals surface area contributed by atoms with Crippen molar-refractivity contribution in [2.75, 3.05) is 6.54 Å². The number of rotatable bonds is 5. The Morgan fingerprint density at radius 1 is 1.07 bits per heavy atom. The van der Waals surface area contributed by atoms with Crippen LogP contribution in [0.25, 0.3) is 0 Å². The van der Waals surface area contributed by atoms with E-state index in [-0.39, 0.29) is 17.3 Å². The zero-order chi connectivity index (χ0) is 19.4. The van der Waals surface area contributed by atoms with E-state index >= 15 is 0 Å². The molecule has 1 unspecified atom stereocenters. The van der Waals surface area contributed by atoms with E-state index in [2.05, 4.69) is 5.32 Å². The van der Waals surface area contributed by atoms with Crippen LogP contribution in [0, 0.1) is 5.82 Å². The van der Waals surface area contributed by atoms with Crippen molar-refractivity contribution in [1.29, 1.82) is 0 Å². The summed E-state index contributed by atoms with van der Waals surface area (Å²) in [6.45, 7) is 0.504. The highest BCUT2D eigenvalue weighted by Gasteiger charge is 2.36. The van der Waals surface area contributed by atoms with Gasteiger partial charge in [0.05, 0.1) is 4.90 Å². The second-order valence-corrected chi connectivity index (χ2v) is 8.76. The Hall–Kier alpha value is -1.96. The van der Waals surface area contributed by atoms with Gasteiger partial charge in [0.2, 0.25) is 15.9 Å². The Morgan fingerprint density at radius 2 is 1.74 bits per heavy atom. The smallest absolute Gasteiger partial charge is 0.244 e. The maximum absolute atomic E-state index is 13.3. The quantitative estimate of drug-likeness (QED) is 0.822. The van der Waals surface area contributed by atoms with E-state index in [9.17, 15) is 17.6 Å². The Morgan fingerprint density at radius 3 is 2.41 bits per heavy atom. The third-order valence-corrected chi connectivity index (χ3v) is 6.65. The van der Waals surface area contributed by atoms with Crippen molar-refractivity contribution in [2.24, 2.45) is 0 Å². The van der Waals surface area contributed by atoms with E-state index < -0.39 is 21.9 Å². The van der Waals surface area contributed by atoms with Crippen molar-refractivity contribution >= 4 is 27.5 Å². The number of amides is 1. The molecule has 1 heterocycles. The molecule has 1 aliphatic heterocycles. The first kappa shape index (κ1) is 19.8. The van der Waals surface area contributed by atoms with Crippen molar-refractivity contribution in [1.82, 2.24) is 9.62 Å². The summed E-state index contributed by atoms with van der Waals surface area (Å²) in [6, 6.07) is 10.6. The van der Waals surface area contributed by atoms with Crippen LogP contribution in [-0.4, -0.2) is 31.2 Å². The average Bonchev–Trinajstić information content (AvgIpc) is 2.86. The number of sulfonamides is 1. The molecule has 3 rings (SSSR count). The van der Waals surface area contributed by atoms with Crippen molar-refractivity contribution in [2.45, 2.75) is 36.7 Å². The van der Waals surface area contributed by atoms with E-state index in [1.165, 1.54) is 52.8 Å². The van der Waals surface area contributed by atoms with Gasteiger partial charge in [0.15, 0.2) is 0 Å². The van der Waals surface area contributed by atoms with E-state index in [0.717, 1.165) is 12.8 Å². The molecule has 2 aromatic rings. The molecule has 0 aliphatic carbocycles. The molecule has 0 aromatic heterocycles. The molecule has 1 aliphatic rings. The van der Waals surface area contributed by atoms with Gasteiger partial charge in [-0.05, 0) is 61.2 Å². The number of carbonyl (C=O) groups excluding carboxylic acids is 1. The zero-order valence-corrected chi connectivity index (χ0v) is 16.1. The first-order chi connectivity index (χ1) is 12.9. The lowest BCUT2D eigenvalue weighted by molar-refractivity contribution is -0.124. The molecule has 1 N–H and O–H groups in total. The SMILES string of the molecule is O=C1NCCCCC1N(Cc1ccc(F)cc1)S(=O)(=O)c1ccc(Cl)cc1. The van der Waals surface area contributed by atoms with Crippen LogP contribution in [0.4, 0.5) is 4.39 Å². The predicted octanol–water partition coefficient (Wildman–Crippen LogP) is 3.34.